The van der Waals surface area contributed by atoms with E-state index in [0.717, 1.165) is 18.7 Å². The summed E-state index contributed by atoms with van der Waals surface area (Å²) in [5, 5.41) is 10.8. The van der Waals surface area contributed by atoms with Gasteiger partial charge >= 0.3 is 5.97 Å². The van der Waals surface area contributed by atoms with Crippen LogP contribution in [0.1, 0.15) is 50.5 Å². The van der Waals surface area contributed by atoms with Crippen molar-refractivity contribution in [3.8, 4) is 0 Å². The fourth-order valence-electron chi connectivity index (χ4n) is 2.06. The third-order valence-electron chi connectivity index (χ3n) is 3.31. The lowest BCUT2D eigenvalue weighted by atomic mass is 10.2. The molecule has 1 aromatic rings. The van der Waals surface area contributed by atoms with Crippen LogP contribution in [0.5, 0.6) is 0 Å². The van der Waals surface area contributed by atoms with E-state index in [1.807, 2.05) is 11.4 Å². The van der Waals surface area contributed by atoms with Crippen LogP contribution >= 0.6 is 11.3 Å². The summed E-state index contributed by atoms with van der Waals surface area (Å²) in [5.74, 6) is -0.897. The normalized spacial score (nSPS) is 11.8. The van der Waals surface area contributed by atoms with Gasteiger partial charge in [-0.05, 0) is 49.9 Å². The fourth-order valence-corrected chi connectivity index (χ4v) is 2.95. The third kappa shape index (κ3) is 5.88. The highest BCUT2D eigenvalue weighted by Gasteiger charge is 2.12. The Morgan fingerprint density at radius 1 is 1.45 bits per heavy atom. The first kappa shape index (κ1) is 16.9. The molecule has 20 heavy (non-hydrogen) atoms. The van der Waals surface area contributed by atoms with Crippen molar-refractivity contribution in [1.82, 2.24) is 4.90 Å². The number of rotatable bonds is 9. The van der Waals surface area contributed by atoms with E-state index >= 15 is 0 Å². The van der Waals surface area contributed by atoms with Crippen LogP contribution in [-0.4, -0.2) is 28.6 Å². The quantitative estimate of drug-likeness (QED) is 0.547. The molecule has 0 spiro atoms. The maximum Gasteiger partial charge on any atom is 0.328 e. The monoisotopic (exact) mass is 295 g/mol. The maximum absolute atomic E-state index is 10.6. The van der Waals surface area contributed by atoms with Crippen LogP contribution in [-0.2, 0) is 11.3 Å². The fraction of sp³-hybridized carbons (Fsp3) is 0.562. The molecule has 0 saturated carbocycles. The molecule has 0 aliphatic rings. The molecule has 4 heteroatoms. The molecule has 0 aliphatic carbocycles. The van der Waals surface area contributed by atoms with Gasteiger partial charge in [0, 0.05) is 23.5 Å². The molecule has 0 unspecified atom stereocenters. The molecule has 0 saturated heterocycles. The number of thiophene rings is 1. The number of aliphatic carboxylic acids is 1. The topological polar surface area (TPSA) is 40.5 Å². The number of carboxylic acids is 1. The Hall–Kier alpha value is -1.13. The lowest BCUT2D eigenvalue weighted by Gasteiger charge is -2.26. The van der Waals surface area contributed by atoms with E-state index in [-0.39, 0.29) is 0 Å². The number of hydrogen-bond acceptors (Lipinski definition) is 3. The van der Waals surface area contributed by atoms with Gasteiger partial charge < -0.3 is 5.11 Å². The molecular weight excluding hydrogens is 270 g/mol. The minimum Gasteiger partial charge on any atom is -0.478 e. The zero-order valence-corrected chi connectivity index (χ0v) is 13.4. The lowest BCUT2D eigenvalue weighted by molar-refractivity contribution is -0.131. The van der Waals surface area contributed by atoms with Crippen molar-refractivity contribution in [2.45, 2.75) is 52.6 Å². The van der Waals surface area contributed by atoms with Crippen molar-refractivity contribution in [3.63, 3.8) is 0 Å². The third-order valence-corrected chi connectivity index (χ3v) is 4.23. The van der Waals surface area contributed by atoms with Crippen LogP contribution < -0.4 is 0 Å². The summed E-state index contributed by atoms with van der Waals surface area (Å²) < 4.78 is 0. The van der Waals surface area contributed by atoms with Crippen molar-refractivity contribution in [3.05, 3.63) is 28.0 Å². The van der Waals surface area contributed by atoms with E-state index in [2.05, 4.69) is 25.7 Å². The highest BCUT2D eigenvalue weighted by molar-refractivity contribution is 7.10. The molecule has 1 N–H and O–H groups in total. The predicted octanol–water partition coefficient (Wildman–Crippen LogP) is 4.25. The van der Waals surface area contributed by atoms with E-state index in [0.29, 0.717) is 6.04 Å². The van der Waals surface area contributed by atoms with Gasteiger partial charge in [0.25, 0.3) is 0 Å². The molecule has 1 rings (SSSR count). The zero-order chi connectivity index (χ0) is 15.0. The average Bonchev–Trinajstić information content (AvgIpc) is 2.82. The smallest absolute Gasteiger partial charge is 0.328 e. The van der Waals surface area contributed by atoms with E-state index in [9.17, 15) is 4.79 Å². The van der Waals surface area contributed by atoms with Crippen LogP contribution in [0.3, 0.4) is 0 Å². The van der Waals surface area contributed by atoms with E-state index in [4.69, 9.17) is 5.11 Å². The highest BCUT2D eigenvalue weighted by Crippen LogP contribution is 2.21. The van der Waals surface area contributed by atoms with Crippen LogP contribution in [0.25, 0.3) is 6.08 Å². The zero-order valence-electron chi connectivity index (χ0n) is 12.6. The molecule has 1 aromatic heterocycles. The van der Waals surface area contributed by atoms with E-state index in [1.165, 1.54) is 30.2 Å². The predicted molar refractivity (Wildman–Crippen MR) is 86.1 cm³/mol. The summed E-state index contributed by atoms with van der Waals surface area (Å²) >= 11 is 1.70. The second kappa shape index (κ2) is 8.93. The summed E-state index contributed by atoms with van der Waals surface area (Å²) in [6.07, 6.45) is 6.62. The minimum atomic E-state index is -0.897. The molecule has 0 amide bonds. The highest BCUT2D eigenvalue weighted by atomic mass is 32.1. The second-order valence-corrected chi connectivity index (χ2v) is 6.24. The average molecular weight is 295 g/mol. The van der Waals surface area contributed by atoms with Gasteiger partial charge in [-0.2, -0.15) is 0 Å². The maximum atomic E-state index is 10.6. The van der Waals surface area contributed by atoms with Crippen molar-refractivity contribution in [2.75, 3.05) is 6.54 Å². The molecular formula is C16H25NO2S. The summed E-state index contributed by atoms with van der Waals surface area (Å²) in [5.41, 5.74) is 1.03. The van der Waals surface area contributed by atoms with Gasteiger partial charge in [-0.15, -0.1) is 11.3 Å². The Balaban J connectivity index is 2.68. The number of nitrogens with zero attached hydrogens (tertiary/aromatic N) is 1. The number of carbonyl (C=O) groups is 1. The van der Waals surface area contributed by atoms with Crippen molar-refractivity contribution in [2.24, 2.45) is 0 Å². The minimum absolute atomic E-state index is 0.505. The van der Waals surface area contributed by atoms with Crippen LogP contribution in [0.15, 0.2) is 17.5 Å². The van der Waals surface area contributed by atoms with Gasteiger partial charge in [0.1, 0.15) is 0 Å². The van der Waals surface area contributed by atoms with Crippen LogP contribution in [0.2, 0.25) is 0 Å². The Morgan fingerprint density at radius 3 is 2.80 bits per heavy atom. The van der Waals surface area contributed by atoms with Crippen molar-refractivity contribution < 1.29 is 9.90 Å². The van der Waals surface area contributed by atoms with Crippen LogP contribution in [0.4, 0.5) is 0 Å². The van der Waals surface area contributed by atoms with Gasteiger partial charge in [0.2, 0.25) is 0 Å². The molecule has 0 radical (unpaired) electrons. The Bertz CT molecular complexity index is 437. The molecule has 0 aliphatic heterocycles. The van der Waals surface area contributed by atoms with Gasteiger partial charge in [-0.25, -0.2) is 4.79 Å². The molecule has 3 nitrogen and oxygen atoms in total. The van der Waals surface area contributed by atoms with E-state index in [1.54, 1.807) is 17.4 Å². The Morgan fingerprint density at radius 2 is 2.20 bits per heavy atom. The number of unbranched alkanes of at least 4 members (excludes halogenated alkanes) is 2. The molecule has 0 fully saturated rings. The number of carboxylic acid groups (broad SMARTS) is 1. The van der Waals surface area contributed by atoms with Crippen molar-refractivity contribution >= 4 is 23.4 Å². The lowest BCUT2D eigenvalue weighted by Crippen LogP contribution is -2.31. The Labute approximate surface area is 125 Å². The summed E-state index contributed by atoms with van der Waals surface area (Å²) in [7, 11) is 0. The largest absolute Gasteiger partial charge is 0.478 e. The summed E-state index contributed by atoms with van der Waals surface area (Å²) in [6.45, 7) is 8.65. The number of hydrogen-bond donors (Lipinski definition) is 1. The van der Waals surface area contributed by atoms with Gasteiger partial charge in [0.05, 0.1) is 0 Å². The molecule has 1 heterocycles. The SMILES string of the molecule is CCCCCN(Cc1sccc1C=CC(=O)O)C(C)C. The molecule has 0 bridgehead atoms. The standard InChI is InChI=1S/C16H25NO2S/c1-4-5-6-10-17(13(2)3)12-15-14(9-11-20-15)7-8-16(18)19/h7-9,11,13H,4-6,10,12H2,1-3H3,(H,18,19). The first-order chi connectivity index (χ1) is 9.54. The van der Waals surface area contributed by atoms with Gasteiger partial charge in [-0.1, -0.05) is 19.8 Å². The van der Waals surface area contributed by atoms with Crippen LogP contribution in [0, 0.1) is 0 Å². The first-order valence-electron chi connectivity index (χ1n) is 7.26. The van der Waals surface area contributed by atoms with Gasteiger partial charge in [-0.3, -0.25) is 4.90 Å². The van der Waals surface area contributed by atoms with E-state index < -0.39 is 5.97 Å². The Kier molecular flexibility index (Phi) is 7.55. The summed E-state index contributed by atoms with van der Waals surface area (Å²) in [6, 6.07) is 2.49. The second-order valence-electron chi connectivity index (χ2n) is 5.24. The summed E-state index contributed by atoms with van der Waals surface area (Å²) in [4.78, 5) is 14.3. The van der Waals surface area contributed by atoms with Gasteiger partial charge in [0.15, 0.2) is 0 Å². The molecule has 0 aromatic carbocycles. The van der Waals surface area contributed by atoms with Crippen molar-refractivity contribution in [1.29, 1.82) is 0 Å². The molecule has 112 valence electrons. The first-order valence-corrected chi connectivity index (χ1v) is 8.14. The molecule has 0 atom stereocenters.